The lowest BCUT2D eigenvalue weighted by molar-refractivity contribution is -0.142. The highest BCUT2D eigenvalue weighted by Crippen LogP contribution is 2.56. The molecule has 37 heavy (non-hydrogen) atoms. The van der Waals surface area contributed by atoms with Crippen LogP contribution >= 0.6 is 0 Å². The molecule has 0 aromatic heterocycles. The highest BCUT2D eigenvalue weighted by atomic mass is 32.2. The molecule has 2 bridgehead atoms. The Bertz CT molecular complexity index is 1280. The normalized spacial score (nSPS) is 24.5. The van der Waals surface area contributed by atoms with Crippen LogP contribution in [0.15, 0.2) is 42.5 Å². The number of hydrogen-bond donors (Lipinski definition) is 1. The maximum absolute atomic E-state index is 13.5. The van der Waals surface area contributed by atoms with Gasteiger partial charge in [0.2, 0.25) is 0 Å². The molecule has 3 fully saturated rings. The highest BCUT2D eigenvalue weighted by molar-refractivity contribution is 7.92. The van der Waals surface area contributed by atoms with Crippen molar-refractivity contribution >= 4 is 27.5 Å². The van der Waals surface area contributed by atoms with Crippen LogP contribution in [0.2, 0.25) is 0 Å². The van der Waals surface area contributed by atoms with E-state index in [0.29, 0.717) is 38.0 Å². The van der Waals surface area contributed by atoms with Gasteiger partial charge in [-0.15, -0.1) is 0 Å². The molecule has 9 heteroatoms. The number of hydrogen-bond acceptors (Lipinski definition) is 5. The minimum atomic E-state index is -3.40. The summed E-state index contributed by atoms with van der Waals surface area (Å²) in [4.78, 5) is 26.1. The number of benzene rings is 2. The number of ether oxygens (including phenoxy) is 1. The Hall–Kier alpha value is -2.94. The number of nitrogens with one attached hydrogen (secondary N) is 1. The summed E-state index contributed by atoms with van der Waals surface area (Å²) in [6.07, 6.45) is 4.10. The first kappa shape index (κ1) is 25.7. The Kier molecular flexibility index (Phi) is 6.77. The average molecular weight is 529 g/mol. The van der Waals surface area contributed by atoms with Crippen molar-refractivity contribution in [2.24, 2.45) is 0 Å². The number of urea groups is 1. The molecule has 198 valence electrons. The Morgan fingerprint density at radius 1 is 0.973 bits per heavy atom. The topological polar surface area (TPSA) is 92.8 Å². The smallest absolute Gasteiger partial charge is 0.322 e. The number of amides is 2. The summed E-state index contributed by atoms with van der Waals surface area (Å²) in [6.45, 7) is 2.80. The van der Waals surface area contributed by atoms with Crippen LogP contribution < -0.4 is 5.32 Å². The summed E-state index contributed by atoms with van der Waals surface area (Å²) >= 11 is 0. The summed E-state index contributed by atoms with van der Waals surface area (Å²) in [5.41, 5.74) is 3.60. The van der Waals surface area contributed by atoms with Crippen LogP contribution in [0.4, 0.5) is 14.9 Å². The van der Waals surface area contributed by atoms with E-state index in [-0.39, 0.29) is 36.0 Å². The van der Waals surface area contributed by atoms with E-state index in [1.54, 1.807) is 17.9 Å². The summed E-state index contributed by atoms with van der Waals surface area (Å²) in [5.74, 6) is -0.906. The fourth-order valence-corrected chi connectivity index (χ4v) is 8.44. The zero-order valence-electron chi connectivity index (χ0n) is 21.1. The van der Waals surface area contributed by atoms with Crippen LogP contribution in [0.25, 0.3) is 0 Å². The molecular formula is C28H33FN2O5S. The van der Waals surface area contributed by atoms with Gasteiger partial charge in [0.25, 0.3) is 0 Å². The van der Waals surface area contributed by atoms with Crippen molar-refractivity contribution in [3.8, 4) is 0 Å². The van der Waals surface area contributed by atoms with Gasteiger partial charge < -0.3 is 15.0 Å². The number of fused-ring (bicyclic) bond motifs is 4. The van der Waals surface area contributed by atoms with Gasteiger partial charge in [-0.3, -0.25) is 4.79 Å². The van der Waals surface area contributed by atoms with E-state index >= 15 is 0 Å². The van der Waals surface area contributed by atoms with Crippen molar-refractivity contribution in [3.05, 3.63) is 65.0 Å². The number of sulfone groups is 1. The molecule has 0 radical (unpaired) electrons. The quantitative estimate of drug-likeness (QED) is 0.506. The summed E-state index contributed by atoms with van der Waals surface area (Å²) in [6, 6.07) is 12.3. The fourth-order valence-electron chi connectivity index (χ4n) is 6.33. The van der Waals surface area contributed by atoms with Crippen LogP contribution in [0.3, 0.4) is 0 Å². The lowest BCUT2D eigenvalue weighted by Gasteiger charge is -2.53. The minimum Gasteiger partial charge on any atom is -0.466 e. The predicted molar refractivity (Wildman–Crippen MR) is 138 cm³/mol. The predicted octanol–water partition coefficient (Wildman–Crippen LogP) is 5.09. The van der Waals surface area contributed by atoms with Gasteiger partial charge in [0.1, 0.15) is 5.82 Å². The summed E-state index contributed by atoms with van der Waals surface area (Å²) < 4.78 is 44.0. The summed E-state index contributed by atoms with van der Waals surface area (Å²) in [7, 11) is -3.40. The molecule has 4 aliphatic rings. The summed E-state index contributed by atoms with van der Waals surface area (Å²) in [5, 5.41) is 2.94. The molecule has 2 aromatic carbocycles. The molecule has 1 N–H and O–H groups in total. The molecule has 6 rings (SSSR count). The van der Waals surface area contributed by atoms with E-state index in [1.807, 2.05) is 24.3 Å². The SMILES string of the molecule is CCOC(=O)CCS(=O)(=O)C12CCC(c3ccc(NC(=O)N4Cc5ccc(F)cc5C4)cc3)(CC1)CC2. The molecule has 0 spiro atoms. The van der Waals surface area contributed by atoms with E-state index in [1.165, 1.54) is 17.7 Å². The lowest BCUT2D eigenvalue weighted by Crippen LogP contribution is -2.53. The van der Waals surface area contributed by atoms with Crippen LogP contribution in [-0.2, 0) is 37.9 Å². The molecule has 0 unspecified atom stereocenters. The van der Waals surface area contributed by atoms with Gasteiger partial charge >= 0.3 is 12.0 Å². The van der Waals surface area contributed by atoms with E-state index in [9.17, 15) is 22.4 Å². The van der Waals surface area contributed by atoms with Crippen LogP contribution in [0.1, 0.15) is 68.6 Å². The second kappa shape index (κ2) is 9.74. The first-order valence-electron chi connectivity index (χ1n) is 13.0. The monoisotopic (exact) mass is 528 g/mol. The van der Waals surface area contributed by atoms with E-state index in [2.05, 4.69) is 5.32 Å². The Balaban J connectivity index is 1.19. The van der Waals surface area contributed by atoms with Crippen LogP contribution in [0, 0.1) is 5.82 Å². The molecule has 2 aromatic rings. The van der Waals surface area contributed by atoms with Gasteiger partial charge in [0, 0.05) is 18.8 Å². The first-order chi connectivity index (χ1) is 17.7. The van der Waals surface area contributed by atoms with Crippen molar-refractivity contribution in [1.82, 2.24) is 4.90 Å². The number of rotatable bonds is 7. The highest BCUT2D eigenvalue weighted by Gasteiger charge is 2.55. The Morgan fingerprint density at radius 3 is 2.27 bits per heavy atom. The number of esters is 1. The third-order valence-electron chi connectivity index (χ3n) is 8.64. The Morgan fingerprint density at radius 2 is 1.62 bits per heavy atom. The molecule has 3 saturated carbocycles. The van der Waals surface area contributed by atoms with E-state index in [0.717, 1.165) is 30.4 Å². The van der Waals surface area contributed by atoms with Crippen LogP contribution in [-0.4, -0.2) is 42.4 Å². The maximum atomic E-state index is 13.5. The fraction of sp³-hybridized carbons (Fsp3) is 0.500. The molecule has 1 heterocycles. The average Bonchev–Trinajstić information content (AvgIpc) is 3.33. The number of carbonyl (C=O) groups is 2. The van der Waals surface area contributed by atoms with Gasteiger partial charge in [-0.05, 0) is 91.8 Å². The van der Waals surface area contributed by atoms with Gasteiger partial charge in [-0.1, -0.05) is 18.2 Å². The third-order valence-corrected chi connectivity index (χ3v) is 11.3. The maximum Gasteiger partial charge on any atom is 0.322 e. The van der Waals surface area contributed by atoms with Crippen molar-refractivity contribution in [2.75, 3.05) is 17.7 Å². The van der Waals surface area contributed by atoms with Crippen molar-refractivity contribution in [3.63, 3.8) is 0 Å². The number of carbonyl (C=O) groups excluding carboxylic acids is 2. The molecule has 7 nitrogen and oxygen atoms in total. The molecule has 2 amide bonds. The second-order valence-corrected chi connectivity index (χ2v) is 13.1. The number of halogens is 1. The van der Waals surface area contributed by atoms with E-state index in [4.69, 9.17) is 4.74 Å². The molecule has 0 atom stereocenters. The first-order valence-corrected chi connectivity index (χ1v) is 14.6. The zero-order chi connectivity index (χ0) is 26.3. The zero-order valence-corrected chi connectivity index (χ0v) is 21.9. The Labute approximate surface area is 217 Å². The van der Waals surface area contributed by atoms with Crippen molar-refractivity contribution in [2.45, 2.75) is 75.1 Å². The largest absolute Gasteiger partial charge is 0.466 e. The molecular weight excluding hydrogens is 495 g/mol. The molecule has 3 aliphatic carbocycles. The van der Waals surface area contributed by atoms with Crippen molar-refractivity contribution < 1.29 is 27.1 Å². The molecule has 1 aliphatic heterocycles. The third kappa shape index (κ3) is 4.85. The van der Waals surface area contributed by atoms with E-state index < -0.39 is 20.6 Å². The lowest BCUT2D eigenvalue weighted by atomic mass is 9.57. The van der Waals surface area contributed by atoms with Gasteiger partial charge in [-0.2, -0.15) is 0 Å². The second-order valence-electron chi connectivity index (χ2n) is 10.6. The van der Waals surface area contributed by atoms with Crippen LogP contribution in [0.5, 0.6) is 0 Å². The van der Waals surface area contributed by atoms with Gasteiger partial charge in [0.05, 0.1) is 23.5 Å². The standard InChI is InChI=1S/C28H33FN2O5S/c1-2-36-25(32)9-16-37(34,35)28-13-10-27(11-14-28,12-15-28)22-4-7-24(8-5-22)30-26(33)31-18-20-3-6-23(29)17-21(20)19-31/h3-8,17H,2,9-16,18-19H2,1H3,(H,30,33). The van der Waals surface area contributed by atoms with Gasteiger partial charge in [0.15, 0.2) is 9.84 Å². The van der Waals surface area contributed by atoms with Crippen molar-refractivity contribution in [1.29, 1.82) is 0 Å². The number of anilines is 1. The minimum absolute atomic E-state index is 0.0539. The van der Waals surface area contributed by atoms with Gasteiger partial charge in [-0.25, -0.2) is 17.6 Å². The molecule has 0 saturated heterocycles. The number of nitrogens with zero attached hydrogens (tertiary/aromatic N) is 1.